The van der Waals surface area contributed by atoms with Crippen LogP contribution in [0.1, 0.15) is 80.0 Å². The third kappa shape index (κ3) is 4.80. The van der Waals surface area contributed by atoms with Crippen molar-refractivity contribution >= 4 is 27.8 Å². The maximum absolute atomic E-state index is 2.65. The lowest BCUT2D eigenvalue weighted by Gasteiger charge is -2.61. The van der Waals surface area contributed by atoms with Gasteiger partial charge >= 0.3 is 0 Å². The SMILES string of the molecule is c1ccc(-c2ccc(N(c3ccc4c(c3)C3(c5ccccc5-4)C4CC5CC(C4)CC3C5)c3ccc(-c4ccc5c(c4)-c4ccccc4C54CCCC4)c4ccccc34)cc2)cc1. The van der Waals surface area contributed by atoms with Gasteiger partial charge in [0.1, 0.15) is 0 Å². The molecule has 62 heavy (non-hydrogen) atoms. The van der Waals surface area contributed by atoms with Crippen LogP contribution < -0.4 is 4.90 Å². The molecule has 5 saturated carbocycles. The first-order valence-electron chi connectivity index (χ1n) is 23.6. The first-order chi connectivity index (χ1) is 30.7. The van der Waals surface area contributed by atoms with Gasteiger partial charge in [-0.1, -0.05) is 152 Å². The largest absolute Gasteiger partial charge is 0.310 e. The van der Waals surface area contributed by atoms with Crippen LogP contribution in [0.3, 0.4) is 0 Å². The number of hydrogen-bond acceptors (Lipinski definition) is 1. The van der Waals surface area contributed by atoms with Crippen LogP contribution in [-0.2, 0) is 10.8 Å². The van der Waals surface area contributed by atoms with Gasteiger partial charge in [-0.3, -0.25) is 0 Å². The zero-order chi connectivity index (χ0) is 40.6. The van der Waals surface area contributed by atoms with E-state index in [1.165, 1.54) is 130 Å². The van der Waals surface area contributed by atoms with Crippen LogP contribution in [0.2, 0.25) is 0 Å². The van der Waals surface area contributed by atoms with E-state index < -0.39 is 0 Å². The van der Waals surface area contributed by atoms with E-state index in [9.17, 15) is 0 Å². The zero-order valence-corrected chi connectivity index (χ0v) is 35.4. The Bertz CT molecular complexity index is 3060. The topological polar surface area (TPSA) is 3.24 Å². The minimum Gasteiger partial charge on any atom is -0.310 e. The molecule has 2 spiro atoms. The van der Waals surface area contributed by atoms with E-state index in [1.807, 2.05) is 0 Å². The molecule has 0 aliphatic heterocycles. The third-order valence-electron chi connectivity index (χ3n) is 17.2. The Labute approximate surface area is 366 Å². The molecule has 0 aromatic heterocycles. The van der Waals surface area contributed by atoms with E-state index in [4.69, 9.17) is 0 Å². The Balaban J connectivity index is 0.951. The first-order valence-corrected chi connectivity index (χ1v) is 23.6. The number of nitrogens with zero attached hydrogens (tertiary/aromatic N) is 1. The Hall–Kier alpha value is -6.18. The summed E-state index contributed by atoms with van der Waals surface area (Å²) in [6, 6.07) is 67.9. The van der Waals surface area contributed by atoms with Gasteiger partial charge in [-0.15, -0.1) is 0 Å². The van der Waals surface area contributed by atoms with Crippen LogP contribution in [0, 0.1) is 23.7 Å². The second kappa shape index (κ2) is 13.2. The smallest absolute Gasteiger partial charge is 0.0540 e. The molecule has 5 fully saturated rings. The summed E-state index contributed by atoms with van der Waals surface area (Å²) in [6.45, 7) is 0. The highest BCUT2D eigenvalue weighted by atomic mass is 15.1. The number of fused-ring (bicyclic) bond motifs is 9. The molecule has 15 rings (SSSR count). The van der Waals surface area contributed by atoms with Gasteiger partial charge in [0.2, 0.25) is 0 Å². The van der Waals surface area contributed by atoms with Crippen molar-refractivity contribution in [2.24, 2.45) is 23.7 Å². The Morgan fingerprint density at radius 2 is 0.935 bits per heavy atom. The number of anilines is 3. The summed E-state index contributed by atoms with van der Waals surface area (Å²) < 4.78 is 0. The third-order valence-corrected chi connectivity index (χ3v) is 17.2. The normalized spacial score (nSPS) is 24.1. The summed E-state index contributed by atoms with van der Waals surface area (Å²) in [5, 5.41) is 2.57. The maximum atomic E-state index is 2.65. The Kier molecular flexibility index (Phi) is 7.52. The van der Waals surface area contributed by atoms with Gasteiger partial charge in [0.25, 0.3) is 0 Å². The summed E-state index contributed by atoms with van der Waals surface area (Å²) in [5.74, 6) is 3.27. The molecule has 1 nitrogen and oxygen atoms in total. The van der Waals surface area contributed by atoms with E-state index in [-0.39, 0.29) is 10.8 Å². The van der Waals surface area contributed by atoms with Crippen molar-refractivity contribution in [2.45, 2.75) is 68.6 Å². The molecule has 0 amide bonds. The molecule has 0 saturated heterocycles. The van der Waals surface area contributed by atoms with Gasteiger partial charge < -0.3 is 4.90 Å². The second-order valence-corrected chi connectivity index (χ2v) is 20.0. The summed E-state index contributed by atoms with van der Waals surface area (Å²) >= 11 is 0. The molecular weight excluding hydrogens is 747 g/mol. The van der Waals surface area contributed by atoms with Gasteiger partial charge in [-0.25, -0.2) is 0 Å². The molecule has 0 N–H and O–H groups in total. The summed E-state index contributed by atoms with van der Waals surface area (Å²) in [5.41, 5.74) is 21.2. The molecule has 300 valence electrons. The summed E-state index contributed by atoms with van der Waals surface area (Å²) in [7, 11) is 0. The lowest BCUT2D eigenvalue weighted by molar-refractivity contribution is -0.0399. The predicted molar refractivity (Wildman–Crippen MR) is 257 cm³/mol. The fraction of sp³-hybridized carbons (Fsp3) is 0.246. The van der Waals surface area contributed by atoms with Gasteiger partial charge in [-0.2, -0.15) is 0 Å². The molecule has 7 aliphatic carbocycles. The molecule has 7 aliphatic rings. The number of hydrogen-bond donors (Lipinski definition) is 0. The van der Waals surface area contributed by atoms with Crippen molar-refractivity contribution in [3.63, 3.8) is 0 Å². The lowest BCUT2D eigenvalue weighted by atomic mass is 9.43. The first kappa shape index (κ1) is 35.4. The molecule has 4 bridgehead atoms. The minimum absolute atomic E-state index is 0.105. The van der Waals surface area contributed by atoms with Crippen molar-refractivity contribution in [1.82, 2.24) is 0 Å². The predicted octanol–water partition coefficient (Wildman–Crippen LogP) is 16.2. The zero-order valence-electron chi connectivity index (χ0n) is 35.4. The van der Waals surface area contributed by atoms with E-state index >= 15 is 0 Å². The van der Waals surface area contributed by atoms with Crippen molar-refractivity contribution in [3.05, 3.63) is 198 Å². The molecule has 1 heteroatoms. The van der Waals surface area contributed by atoms with Gasteiger partial charge in [0.15, 0.2) is 0 Å². The molecular formula is C61H51N. The number of rotatable bonds is 5. The van der Waals surface area contributed by atoms with Crippen LogP contribution in [-0.4, -0.2) is 0 Å². The average Bonchev–Trinajstić information content (AvgIpc) is 4.01. The van der Waals surface area contributed by atoms with Crippen LogP contribution in [0.25, 0.3) is 55.3 Å². The quantitative estimate of drug-likeness (QED) is 0.168. The monoisotopic (exact) mass is 797 g/mol. The van der Waals surface area contributed by atoms with E-state index in [0.29, 0.717) is 0 Å². The minimum atomic E-state index is 0.105. The standard InChI is InChI=1S/C61H51N/c1-2-12-41(13-3-1)42-20-23-46(24-21-42)62(47-25-26-52-50-15-7-9-19-57(50)61(58(52)38-47)44-33-39-32-40(35-44)36-45(61)34-39)59-29-27-48(49-14-4-5-17-53(49)59)43-22-28-56-54(37-43)51-16-6-8-18-55(51)60(56)30-10-11-31-60/h1-9,12-29,37-40,44-45H,10-11,30-36H2. The molecule has 0 atom stereocenters. The van der Waals surface area contributed by atoms with E-state index in [1.54, 1.807) is 22.3 Å². The van der Waals surface area contributed by atoms with Crippen molar-refractivity contribution < 1.29 is 0 Å². The van der Waals surface area contributed by atoms with Crippen LogP contribution >= 0.6 is 0 Å². The van der Waals surface area contributed by atoms with Gasteiger partial charge in [-0.05, 0) is 177 Å². The Morgan fingerprint density at radius 3 is 1.69 bits per heavy atom. The average molecular weight is 798 g/mol. The van der Waals surface area contributed by atoms with E-state index in [0.717, 1.165) is 23.7 Å². The van der Waals surface area contributed by atoms with Crippen LogP contribution in [0.15, 0.2) is 176 Å². The summed E-state index contributed by atoms with van der Waals surface area (Å²) in [4.78, 5) is 2.58. The highest BCUT2D eigenvalue weighted by Gasteiger charge is 2.61. The fourth-order valence-corrected chi connectivity index (χ4v) is 15.0. The van der Waals surface area contributed by atoms with Crippen LogP contribution in [0.4, 0.5) is 17.1 Å². The highest BCUT2D eigenvalue weighted by molar-refractivity contribution is 6.07. The van der Waals surface area contributed by atoms with Crippen LogP contribution in [0.5, 0.6) is 0 Å². The lowest BCUT2D eigenvalue weighted by Crippen LogP contribution is -2.55. The van der Waals surface area contributed by atoms with Crippen molar-refractivity contribution in [1.29, 1.82) is 0 Å². The van der Waals surface area contributed by atoms with E-state index in [2.05, 4.69) is 181 Å². The molecule has 8 aromatic rings. The Morgan fingerprint density at radius 1 is 0.371 bits per heavy atom. The number of benzene rings is 8. The van der Waals surface area contributed by atoms with Crippen molar-refractivity contribution in [2.75, 3.05) is 4.90 Å². The fourth-order valence-electron chi connectivity index (χ4n) is 15.0. The van der Waals surface area contributed by atoms with Gasteiger partial charge in [0, 0.05) is 27.6 Å². The second-order valence-electron chi connectivity index (χ2n) is 20.0. The van der Waals surface area contributed by atoms with Gasteiger partial charge in [0.05, 0.1) is 5.69 Å². The molecule has 8 aromatic carbocycles. The highest BCUT2D eigenvalue weighted by Crippen LogP contribution is 2.70. The molecule has 0 heterocycles. The molecule has 0 radical (unpaired) electrons. The maximum Gasteiger partial charge on any atom is 0.0540 e. The van der Waals surface area contributed by atoms with Crippen molar-refractivity contribution in [3.8, 4) is 44.5 Å². The summed E-state index contributed by atoms with van der Waals surface area (Å²) in [6.07, 6.45) is 12.2. The molecule has 0 unspecified atom stereocenters.